The van der Waals surface area contributed by atoms with E-state index in [1.165, 1.54) is 11.3 Å². The average Bonchev–Trinajstić information content (AvgIpc) is 3.17. The number of methoxy groups -OCH3 is 1. The Balaban J connectivity index is 1.86. The normalized spacial score (nSPS) is 15.4. The van der Waals surface area contributed by atoms with Gasteiger partial charge in [0.05, 0.1) is 42.2 Å². The molecule has 3 aromatic rings. The Bertz CT molecular complexity index is 1480. The lowest BCUT2D eigenvalue weighted by atomic mass is 9.95. The standard InChI is InChI=1S/C28H30N2O5S/c1-6-14-35-21-13-10-19(15-22(21)33-5)16-23-26(31)30-25(20-11-8-17(3)9-12-20)24(27(32)34-7-2)18(4)29-28(30)36-23/h8-13,15-16,25H,6-7,14H2,1-5H3/b23-16+/t25-/m1/s1. The number of aryl methyl sites for hydroxylation is 1. The van der Waals surface area contributed by atoms with Crippen LogP contribution in [0.1, 0.15) is 49.9 Å². The number of benzene rings is 2. The van der Waals surface area contributed by atoms with Gasteiger partial charge in [-0.05, 0) is 56.5 Å². The summed E-state index contributed by atoms with van der Waals surface area (Å²) in [6.07, 6.45) is 2.70. The molecule has 0 amide bonds. The lowest BCUT2D eigenvalue weighted by Gasteiger charge is -2.24. The molecular formula is C28H30N2O5S. The number of rotatable bonds is 8. The molecule has 1 aromatic heterocycles. The van der Waals surface area contributed by atoms with Crippen molar-refractivity contribution < 1.29 is 19.0 Å². The highest BCUT2D eigenvalue weighted by Crippen LogP contribution is 2.31. The van der Waals surface area contributed by atoms with E-state index in [9.17, 15) is 9.59 Å². The van der Waals surface area contributed by atoms with Crippen LogP contribution >= 0.6 is 11.3 Å². The predicted molar refractivity (Wildman–Crippen MR) is 140 cm³/mol. The highest BCUT2D eigenvalue weighted by Gasteiger charge is 2.33. The SMILES string of the molecule is CCCOc1ccc(/C=c2/sc3n(c2=O)[C@H](c2ccc(C)cc2)C(C(=O)OCC)=C(C)N=3)cc1OC. The number of carbonyl (C=O) groups excluding carboxylic acids is 1. The van der Waals surface area contributed by atoms with Gasteiger partial charge in [-0.15, -0.1) is 0 Å². The Morgan fingerprint density at radius 3 is 2.53 bits per heavy atom. The third-order valence-electron chi connectivity index (χ3n) is 5.86. The summed E-state index contributed by atoms with van der Waals surface area (Å²) in [5, 5.41) is 0. The summed E-state index contributed by atoms with van der Waals surface area (Å²) >= 11 is 1.29. The molecule has 2 heterocycles. The summed E-state index contributed by atoms with van der Waals surface area (Å²) in [7, 11) is 1.59. The van der Waals surface area contributed by atoms with Crippen LogP contribution in [-0.4, -0.2) is 30.9 Å². The summed E-state index contributed by atoms with van der Waals surface area (Å²) in [5.74, 6) is 0.793. The largest absolute Gasteiger partial charge is 0.493 e. The molecule has 0 unspecified atom stereocenters. The minimum atomic E-state index is -0.623. The summed E-state index contributed by atoms with van der Waals surface area (Å²) in [5.41, 5.74) is 3.41. The van der Waals surface area contributed by atoms with Gasteiger partial charge in [0.25, 0.3) is 5.56 Å². The van der Waals surface area contributed by atoms with Crippen molar-refractivity contribution in [1.29, 1.82) is 0 Å². The van der Waals surface area contributed by atoms with Gasteiger partial charge in [-0.3, -0.25) is 9.36 Å². The van der Waals surface area contributed by atoms with Crippen LogP contribution in [0.15, 0.2) is 63.5 Å². The van der Waals surface area contributed by atoms with Crippen LogP contribution in [0, 0.1) is 6.92 Å². The lowest BCUT2D eigenvalue weighted by Crippen LogP contribution is -2.39. The molecule has 0 bridgehead atoms. The number of fused-ring (bicyclic) bond motifs is 1. The minimum Gasteiger partial charge on any atom is -0.493 e. The first kappa shape index (κ1) is 25.4. The van der Waals surface area contributed by atoms with Gasteiger partial charge >= 0.3 is 5.97 Å². The van der Waals surface area contributed by atoms with E-state index < -0.39 is 12.0 Å². The number of thiazole rings is 1. The first-order valence-corrected chi connectivity index (χ1v) is 12.8. The van der Waals surface area contributed by atoms with Crippen molar-refractivity contribution in [2.75, 3.05) is 20.3 Å². The number of carbonyl (C=O) groups is 1. The second-order valence-corrected chi connectivity index (χ2v) is 9.48. The van der Waals surface area contributed by atoms with Crippen LogP contribution in [-0.2, 0) is 9.53 Å². The highest BCUT2D eigenvalue weighted by molar-refractivity contribution is 7.07. The lowest BCUT2D eigenvalue weighted by molar-refractivity contribution is -0.139. The summed E-state index contributed by atoms with van der Waals surface area (Å²) < 4.78 is 18.7. The van der Waals surface area contributed by atoms with Crippen molar-refractivity contribution in [1.82, 2.24) is 4.57 Å². The fourth-order valence-electron chi connectivity index (χ4n) is 4.11. The summed E-state index contributed by atoms with van der Waals surface area (Å²) in [4.78, 5) is 31.8. The van der Waals surface area contributed by atoms with Crippen molar-refractivity contribution >= 4 is 23.4 Å². The Morgan fingerprint density at radius 2 is 1.86 bits per heavy atom. The van der Waals surface area contributed by atoms with E-state index in [1.807, 2.05) is 62.4 Å². The van der Waals surface area contributed by atoms with Crippen molar-refractivity contribution in [3.8, 4) is 11.5 Å². The van der Waals surface area contributed by atoms with Crippen LogP contribution < -0.4 is 24.4 Å². The molecule has 4 rings (SSSR count). The predicted octanol–water partition coefficient (Wildman–Crippen LogP) is 3.90. The molecule has 0 saturated carbocycles. The number of allylic oxidation sites excluding steroid dienone is 1. The van der Waals surface area contributed by atoms with Gasteiger partial charge in [0, 0.05) is 0 Å². The fraction of sp³-hybridized carbons (Fsp3) is 0.321. The summed E-state index contributed by atoms with van der Waals surface area (Å²) in [6, 6.07) is 12.8. The maximum absolute atomic E-state index is 13.7. The molecular weight excluding hydrogens is 476 g/mol. The molecule has 36 heavy (non-hydrogen) atoms. The number of nitrogens with zero attached hydrogens (tertiary/aromatic N) is 2. The van der Waals surface area contributed by atoms with Gasteiger partial charge in [0.15, 0.2) is 16.3 Å². The molecule has 0 saturated heterocycles. The number of hydrogen-bond acceptors (Lipinski definition) is 7. The van der Waals surface area contributed by atoms with E-state index in [0.29, 0.717) is 38.7 Å². The smallest absolute Gasteiger partial charge is 0.338 e. The fourth-order valence-corrected chi connectivity index (χ4v) is 5.16. The van der Waals surface area contributed by atoms with Crippen LogP contribution in [0.3, 0.4) is 0 Å². The van der Waals surface area contributed by atoms with Crippen LogP contribution in [0.4, 0.5) is 0 Å². The quantitative estimate of drug-likeness (QED) is 0.433. The van der Waals surface area contributed by atoms with E-state index in [1.54, 1.807) is 25.5 Å². The zero-order valence-electron chi connectivity index (χ0n) is 21.2. The van der Waals surface area contributed by atoms with Crippen molar-refractivity contribution in [3.63, 3.8) is 0 Å². The van der Waals surface area contributed by atoms with Crippen molar-refractivity contribution in [2.45, 2.75) is 40.2 Å². The van der Waals surface area contributed by atoms with E-state index in [-0.39, 0.29) is 12.2 Å². The van der Waals surface area contributed by atoms with E-state index in [2.05, 4.69) is 4.99 Å². The third kappa shape index (κ3) is 4.99. The van der Waals surface area contributed by atoms with Gasteiger partial charge < -0.3 is 14.2 Å². The molecule has 0 aliphatic carbocycles. The van der Waals surface area contributed by atoms with Crippen LogP contribution in [0.25, 0.3) is 6.08 Å². The Labute approximate surface area is 214 Å². The molecule has 1 aliphatic rings. The molecule has 0 radical (unpaired) electrons. The minimum absolute atomic E-state index is 0.219. The second-order valence-electron chi connectivity index (χ2n) is 8.47. The molecule has 0 N–H and O–H groups in total. The zero-order valence-corrected chi connectivity index (χ0v) is 22.0. The zero-order chi connectivity index (χ0) is 25.8. The molecule has 0 spiro atoms. The molecule has 0 fully saturated rings. The first-order chi connectivity index (χ1) is 17.4. The highest BCUT2D eigenvalue weighted by atomic mass is 32.1. The molecule has 1 atom stereocenters. The maximum atomic E-state index is 13.7. The van der Waals surface area contributed by atoms with Crippen molar-refractivity contribution in [2.24, 2.45) is 4.99 Å². The number of ether oxygens (including phenoxy) is 3. The van der Waals surface area contributed by atoms with Gasteiger partial charge in [-0.25, -0.2) is 9.79 Å². The topological polar surface area (TPSA) is 79.1 Å². The number of esters is 1. The Morgan fingerprint density at radius 1 is 1.11 bits per heavy atom. The second kappa shape index (κ2) is 11.0. The number of aromatic nitrogens is 1. The van der Waals surface area contributed by atoms with E-state index in [4.69, 9.17) is 14.2 Å². The first-order valence-electron chi connectivity index (χ1n) is 11.9. The summed E-state index contributed by atoms with van der Waals surface area (Å²) in [6.45, 7) is 8.41. The number of hydrogen-bond donors (Lipinski definition) is 0. The monoisotopic (exact) mass is 506 g/mol. The Kier molecular flexibility index (Phi) is 7.74. The van der Waals surface area contributed by atoms with Crippen LogP contribution in [0.2, 0.25) is 0 Å². The van der Waals surface area contributed by atoms with Crippen LogP contribution in [0.5, 0.6) is 11.5 Å². The third-order valence-corrected chi connectivity index (χ3v) is 6.84. The molecule has 1 aliphatic heterocycles. The maximum Gasteiger partial charge on any atom is 0.338 e. The molecule has 7 nitrogen and oxygen atoms in total. The van der Waals surface area contributed by atoms with Gasteiger partial charge in [0.1, 0.15) is 0 Å². The molecule has 8 heteroatoms. The van der Waals surface area contributed by atoms with Gasteiger partial charge in [-0.2, -0.15) is 0 Å². The molecule has 188 valence electrons. The van der Waals surface area contributed by atoms with Crippen molar-refractivity contribution in [3.05, 3.63) is 90.1 Å². The van der Waals surface area contributed by atoms with Gasteiger partial charge in [-0.1, -0.05) is 54.2 Å². The Hall–Kier alpha value is -3.65. The average molecular weight is 507 g/mol. The van der Waals surface area contributed by atoms with E-state index >= 15 is 0 Å². The van der Waals surface area contributed by atoms with Gasteiger partial charge in [0.2, 0.25) is 0 Å². The van der Waals surface area contributed by atoms with E-state index in [0.717, 1.165) is 23.1 Å². The molecule has 2 aromatic carbocycles.